The zero-order valence-electron chi connectivity index (χ0n) is 9.10. The second kappa shape index (κ2) is 4.66. The van der Waals surface area contributed by atoms with E-state index in [1.54, 1.807) is 6.92 Å². The minimum Gasteiger partial charge on any atom is -0.373 e. The number of rotatable bonds is 3. The van der Waals surface area contributed by atoms with Crippen LogP contribution in [0.3, 0.4) is 0 Å². The molecule has 1 rings (SSSR count). The number of carbonyl (C=O) groups excluding carboxylic acids is 1. The van der Waals surface area contributed by atoms with Crippen LogP contribution in [0.25, 0.3) is 0 Å². The van der Waals surface area contributed by atoms with Crippen molar-refractivity contribution in [2.75, 3.05) is 5.32 Å². The predicted octanol–water partition coefficient (Wildman–Crippen LogP) is 2.35. The molecule has 0 aliphatic rings. The zero-order chi connectivity index (χ0) is 11.6. The SMILES string of the molecule is Cc1cc(C)c(NC(C)C(N)=O)c(Br)c1. The molecule has 0 saturated heterocycles. The van der Waals surface area contributed by atoms with Gasteiger partial charge in [-0.15, -0.1) is 0 Å². The van der Waals surface area contributed by atoms with Crippen LogP contribution in [0.4, 0.5) is 5.69 Å². The van der Waals surface area contributed by atoms with E-state index in [-0.39, 0.29) is 11.9 Å². The summed E-state index contributed by atoms with van der Waals surface area (Å²) < 4.78 is 0.952. The van der Waals surface area contributed by atoms with Gasteiger partial charge in [-0.25, -0.2) is 0 Å². The molecule has 15 heavy (non-hydrogen) atoms. The van der Waals surface area contributed by atoms with E-state index in [4.69, 9.17) is 5.73 Å². The van der Waals surface area contributed by atoms with E-state index in [2.05, 4.69) is 27.3 Å². The Bertz CT molecular complexity index is 367. The number of nitrogens with one attached hydrogen (secondary N) is 1. The highest BCUT2D eigenvalue weighted by molar-refractivity contribution is 9.10. The van der Waals surface area contributed by atoms with Crippen LogP contribution in [-0.2, 0) is 4.79 Å². The van der Waals surface area contributed by atoms with Gasteiger partial charge in [0.15, 0.2) is 0 Å². The van der Waals surface area contributed by atoms with E-state index in [1.807, 2.05) is 19.9 Å². The Morgan fingerprint density at radius 1 is 1.47 bits per heavy atom. The Labute approximate surface area is 98.2 Å². The Balaban J connectivity index is 3.00. The first-order valence-corrected chi connectivity index (χ1v) is 5.53. The van der Waals surface area contributed by atoms with E-state index >= 15 is 0 Å². The van der Waals surface area contributed by atoms with Crippen LogP contribution in [0.15, 0.2) is 16.6 Å². The van der Waals surface area contributed by atoms with Gasteiger partial charge >= 0.3 is 0 Å². The fourth-order valence-electron chi connectivity index (χ4n) is 1.39. The number of nitrogens with two attached hydrogens (primary N) is 1. The van der Waals surface area contributed by atoms with Crippen LogP contribution >= 0.6 is 15.9 Å². The molecule has 0 aliphatic carbocycles. The molecule has 0 fully saturated rings. The van der Waals surface area contributed by atoms with Crippen LogP contribution in [0, 0.1) is 13.8 Å². The third kappa shape index (κ3) is 2.96. The fraction of sp³-hybridized carbons (Fsp3) is 0.364. The summed E-state index contributed by atoms with van der Waals surface area (Å²) in [4.78, 5) is 10.9. The highest BCUT2D eigenvalue weighted by Crippen LogP contribution is 2.28. The summed E-state index contributed by atoms with van der Waals surface area (Å²) >= 11 is 3.46. The minimum atomic E-state index is -0.372. The number of halogens is 1. The molecule has 0 heterocycles. The average molecular weight is 271 g/mol. The van der Waals surface area contributed by atoms with Crippen LogP contribution in [-0.4, -0.2) is 11.9 Å². The number of carbonyl (C=O) groups is 1. The number of hydrogen-bond donors (Lipinski definition) is 2. The van der Waals surface area contributed by atoms with Gasteiger partial charge < -0.3 is 11.1 Å². The van der Waals surface area contributed by atoms with E-state index in [9.17, 15) is 4.79 Å². The maximum absolute atomic E-state index is 10.9. The molecule has 3 nitrogen and oxygen atoms in total. The quantitative estimate of drug-likeness (QED) is 0.886. The molecule has 0 aromatic heterocycles. The van der Waals surface area contributed by atoms with Gasteiger partial charge in [0.1, 0.15) is 6.04 Å². The molecule has 1 aromatic rings. The topological polar surface area (TPSA) is 55.1 Å². The predicted molar refractivity (Wildman–Crippen MR) is 65.9 cm³/mol. The fourth-order valence-corrected chi connectivity index (χ4v) is 2.17. The first-order chi connectivity index (χ1) is 6.91. The summed E-state index contributed by atoms with van der Waals surface area (Å²) in [7, 11) is 0. The summed E-state index contributed by atoms with van der Waals surface area (Å²) in [5.41, 5.74) is 8.39. The van der Waals surface area contributed by atoms with E-state index in [1.165, 1.54) is 5.56 Å². The van der Waals surface area contributed by atoms with Crippen LogP contribution in [0.5, 0.6) is 0 Å². The molecule has 1 atom stereocenters. The van der Waals surface area contributed by atoms with Gasteiger partial charge in [-0.2, -0.15) is 0 Å². The lowest BCUT2D eigenvalue weighted by Crippen LogP contribution is -2.32. The second-order valence-electron chi connectivity index (χ2n) is 3.71. The van der Waals surface area contributed by atoms with Crippen molar-refractivity contribution in [3.63, 3.8) is 0 Å². The average Bonchev–Trinajstić information content (AvgIpc) is 2.10. The molecule has 0 radical (unpaired) electrons. The van der Waals surface area contributed by atoms with Gasteiger partial charge in [0.05, 0.1) is 5.69 Å². The second-order valence-corrected chi connectivity index (χ2v) is 4.56. The molecular formula is C11H15BrN2O. The summed E-state index contributed by atoms with van der Waals surface area (Å²) in [6, 6.07) is 3.69. The molecule has 1 aromatic carbocycles. The Morgan fingerprint density at radius 3 is 2.53 bits per heavy atom. The number of primary amides is 1. The Morgan fingerprint density at radius 2 is 2.07 bits per heavy atom. The third-order valence-corrected chi connectivity index (χ3v) is 2.84. The van der Waals surface area contributed by atoms with Crippen molar-refractivity contribution in [2.45, 2.75) is 26.8 Å². The standard InChI is InChI=1S/C11H15BrN2O/c1-6-4-7(2)10(9(12)5-6)14-8(3)11(13)15/h4-5,8,14H,1-3H3,(H2,13,15). The molecule has 1 unspecified atom stereocenters. The highest BCUT2D eigenvalue weighted by atomic mass is 79.9. The molecule has 0 spiro atoms. The Kier molecular flexibility index (Phi) is 3.74. The summed E-state index contributed by atoms with van der Waals surface area (Å²) in [6.07, 6.45) is 0. The van der Waals surface area contributed by atoms with Crippen molar-refractivity contribution in [3.8, 4) is 0 Å². The van der Waals surface area contributed by atoms with Gasteiger partial charge in [0, 0.05) is 4.47 Å². The molecule has 82 valence electrons. The summed E-state index contributed by atoms with van der Waals surface area (Å²) in [5, 5.41) is 3.08. The van der Waals surface area contributed by atoms with Crippen LogP contribution in [0.1, 0.15) is 18.1 Å². The number of aryl methyl sites for hydroxylation is 2. The third-order valence-electron chi connectivity index (χ3n) is 2.22. The van der Waals surface area contributed by atoms with Gasteiger partial charge in [0.2, 0.25) is 5.91 Å². The smallest absolute Gasteiger partial charge is 0.239 e. The van der Waals surface area contributed by atoms with Crippen molar-refractivity contribution in [3.05, 3.63) is 27.7 Å². The van der Waals surface area contributed by atoms with Gasteiger partial charge in [0.25, 0.3) is 0 Å². The Hall–Kier alpha value is -1.03. The molecular weight excluding hydrogens is 256 g/mol. The van der Waals surface area contributed by atoms with Crippen LogP contribution in [0.2, 0.25) is 0 Å². The van der Waals surface area contributed by atoms with Crippen LogP contribution < -0.4 is 11.1 Å². The van der Waals surface area contributed by atoms with Crippen molar-refractivity contribution >= 4 is 27.5 Å². The molecule has 0 saturated carbocycles. The number of benzene rings is 1. The lowest BCUT2D eigenvalue weighted by molar-refractivity contribution is -0.118. The largest absolute Gasteiger partial charge is 0.373 e. The van der Waals surface area contributed by atoms with Crippen molar-refractivity contribution in [1.29, 1.82) is 0 Å². The minimum absolute atomic E-state index is 0.359. The van der Waals surface area contributed by atoms with E-state index in [0.29, 0.717) is 0 Å². The number of anilines is 1. The van der Waals surface area contributed by atoms with E-state index < -0.39 is 0 Å². The highest BCUT2D eigenvalue weighted by Gasteiger charge is 2.11. The van der Waals surface area contributed by atoms with E-state index in [0.717, 1.165) is 15.7 Å². The molecule has 3 N–H and O–H groups in total. The number of hydrogen-bond acceptors (Lipinski definition) is 2. The number of amides is 1. The molecule has 0 bridgehead atoms. The summed E-state index contributed by atoms with van der Waals surface area (Å²) in [6.45, 7) is 5.76. The lowest BCUT2D eigenvalue weighted by atomic mass is 10.1. The first kappa shape index (κ1) is 12.0. The van der Waals surface area contributed by atoms with Crippen molar-refractivity contribution in [2.24, 2.45) is 5.73 Å². The monoisotopic (exact) mass is 270 g/mol. The maximum Gasteiger partial charge on any atom is 0.239 e. The normalized spacial score (nSPS) is 12.3. The van der Waals surface area contributed by atoms with Gasteiger partial charge in [-0.1, -0.05) is 6.07 Å². The molecule has 1 amide bonds. The molecule has 0 aliphatic heterocycles. The van der Waals surface area contributed by atoms with Gasteiger partial charge in [-0.3, -0.25) is 4.79 Å². The first-order valence-electron chi connectivity index (χ1n) is 4.74. The maximum atomic E-state index is 10.9. The van der Waals surface area contributed by atoms with Crippen molar-refractivity contribution < 1.29 is 4.79 Å². The zero-order valence-corrected chi connectivity index (χ0v) is 10.7. The van der Waals surface area contributed by atoms with Gasteiger partial charge in [-0.05, 0) is 53.9 Å². The lowest BCUT2D eigenvalue weighted by Gasteiger charge is -2.16. The summed E-state index contributed by atoms with van der Waals surface area (Å²) in [5.74, 6) is -0.359. The van der Waals surface area contributed by atoms with Crippen molar-refractivity contribution in [1.82, 2.24) is 0 Å². The molecule has 4 heteroatoms.